The van der Waals surface area contributed by atoms with Crippen molar-refractivity contribution < 1.29 is 22.7 Å². The number of alkyl halides is 3. The molecule has 1 atom stereocenters. The number of amides is 1. The van der Waals surface area contributed by atoms with Crippen molar-refractivity contribution in [3.63, 3.8) is 0 Å². The number of rotatable bonds is 2. The van der Waals surface area contributed by atoms with Crippen molar-refractivity contribution in [2.45, 2.75) is 32.1 Å². The number of benzene rings is 1. The predicted octanol–water partition coefficient (Wildman–Crippen LogP) is 3.30. The maximum absolute atomic E-state index is 13.1. The van der Waals surface area contributed by atoms with Gasteiger partial charge in [-0.05, 0) is 25.5 Å². The molecule has 1 amide bonds. The van der Waals surface area contributed by atoms with Crippen molar-refractivity contribution in [2.75, 3.05) is 31.2 Å². The van der Waals surface area contributed by atoms with E-state index in [-0.39, 0.29) is 25.6 Å². The number of nitrogens with one attached hydrogen (secondary N) is 1. The number of halogens is 3. The highest BCUT2D eigenvalue weighted by atomic mass is 19.4. The maximum Gasteiger partial charge on any atom is 0.471 e. The topological polar surface area (TPSA) is 74.3 Å². The van der Waals surface area contributed by atoms with Gasteiger partial charge in [0, 0.05) is 41.3 Å². The number of hydrogen-bond acceptors (Lipinski definition) is 5. The van der Waals surface area contributed by atoms with Crippen LogP contribution < -0.4 is 4.90 Å². The van der Waals surface area contributed by atoms with E-state index in [0.29, 0.717) is 37.1 Å². The maximum atomic E-state index is 13.1. The van der Waals surface area contributed by atoms with Crippen LogP contribution in [0.2, 0.25) is 0 Å². The third-order valence-electron chi connectivity index (χ3n) is 6.06. The lowest BCUT2D eigenvalue weighted by Gasteiger charge is -2.35. The molecule has 5 rings (SSSR count). The lowest BCUT2D eigenvalue weighted by Crippen LogP contribution is -2.46. The largest absolute Gasteiger partial charge is 0.471 e. The van der Waals surface area contributed by atoms with E-state index < -0.39 is 12.1 Å². The molecule has 0 radical (unpaired) electrons. The molecule has 1 aromatic carbocycles. The van der Waals surface area contributed by atoms with Gasteiger partial charge in [-0.3, -0.25) is 4.79 Å². The predicted molar refractivity (Wildman–Crippen MR) is 112 cm³/mol. The molecule has 1 N–H and O–H groups in total. The molecule has 0 bridgehead atoms. The standard InChI is InChI=1S/C22H22F3N5O2/c1-13-12-32-10-9-30(13)21-27-18-11-29(20(31)22(23,24)25)8-6-16(18)19(28-21)15-3-2-4-17-14(15)5-7-26-17/h2-5,7,13,26H,6,8-12H2,1H3/t13-/m1/s1. The highest BCUT2D eigenvalue weighted by Crippen LogP contribution is 2.35. The normalized spacial score (nSPS) is 19.3. The van der Waals surface area contributed by atoms with Gasteiger partial charge >= 0.3 is 12.1 Å². The Labute approximate surface area is 182 Å². The third kappa shape index (κ3) is 3.58. The second-order valence-corrected chi connectivity index (χ2v) is 8.13. The van der Waals surface area contributed by atoms with Crippen molar-refractivity contribution in [3.8, 4) is 11.3 Å². The molecule has 0 unspecified atom stereocenters. The highest BCUT2D eigenvalue weighted by Gasteiger charge is 2.43. The molecule has 0 saturated carbocycles. The van der Waals surface area contributed by atoms with Gasteiger partial charge in [-0.15, -0.1) is 0 Å². The molecule has 0 spiro atoms. The fourth-order valence-electron chi connectivity index (χ4n) is 4.44. The lowest BCUT2D eigenvalue weighted by molar-refractivity contribution is -0.186. The van der Waals surface area contributed by atoms with Gasteiger partial charge in [0.2, 0.25) is 5.95 Å². The number of morpholine rings is 1. The smallest absolute Gasteiger partial charge is 0.377 e. The minimum absolute atomic E-state index is 0.0224. The van der Waals surface area contributed by atoms with Crippen molar-refractivity contribution in [1.29, 1.82) is 0 Å². The summed E-state index contributed by atoms with van der Waals surface area (Å²) in [5.41, 5.74) is 3.78. The number of carbonyl (C=O) groups is 1. The van der Waals surface area contributed by atoms with Crippen molar-refractivity contribution in [3.05, 3.63) is 41.7 Å². The average Bonchev–Trinajstić information content (AvgIpc) is 3.26. The second kappa shape index (κ2) is 7.77. The highest BCUT2D eigenvalue weighted by molar-refractivity contribution is 5.95. The van der Waals surface area contributed by atoms with Crippen LogP contribution in [0.5, 0.6) is 0 Å². The van der Waals surface area contributed by atoms with Gasteiger partial charge < -0.3 is 19.5 Å². The molecular formula is C22H22F3N5O2. The summed E-state index contributed by atoms with van der Waals surface area (Å²) in [4.78, 5) is 27.5. The number of aromatic nitrogens is 3. The Balaban J connectivity index is 1.64. The van der Waals surface area contributed by atoms with E-state index in [1.54, 1.807) is 0 Å². The molecular weight excluding hydrogens is 423 g/mol. The molecule has 32 heavy (non-hydrogen) atoms. The quantitative estimate of drug-likeness (QED) is 0.655. The first kappa shape index (κ1) is 20.7. The molecule has 2 aliphatic heterocycles. The molecule has 1 saturated heterocycles. The second-order valence-electron chi connectivity index (χ2n) is 8.13. The summed E-state index contributed by atoms with van der Waals surface area (Å²) in [5, 5.41) is 0.975. The summed E-state index contributed by atoms with van der Waals surface area (Å²) in [5.74, 6) is -1.39. The summed E-state index contributed by atoms with van der Waals surface area (Å²) < 4.78 is 44.7. The van der Waals surface area contributed by atoms with Gasteiger partial charge in [0.05, 0.1) is 37.2 Å². The molecule has 2 aromatic heterocycles. The first-order valence-corrected chi connectivity index (χ1v) is 10.5. The number of hydrogen-bond donors (Lipinski definition) is 1. The minimum Gasteiger partial charge on any atom is -0.377 e. The number of anilines is 1. The Hall–Kier alpha value is -3.14. The van der Waals surface area contributed by atoms with Crippen LogP contribution in [0.1, 0.15) is 18.2 Å². The van der Waals surface area contributed by atoms with Crippen LogP contribution in [-0.2, 0) is 22.5 Å². The molecule has 168 valence electrons. The Kier molecular flexibility index (Phi) is 5.04. The molecule has 1 fully saturated rings. The number of ether oxygens (including phenoxy) is 1. The SMILES string of the molecule is C[C@@H]1COCCN1c1nc2c(c(-c3cccc4[nH]ccc34)n1)CCN(C(=O)C(F)(F)F)C2. The van der Waals surface area contributed by atoms with E-state index in [9.17, 15) is 18.0 Å². The molecule has 0 aliphatic carbocycles. The zero-order chi connectivity index (χ0) is 22.5. The lowest BCUT2D eigenvalue weighted by atomic mass is 9.96. The summed E-state index contributed by atoms with van der Waals surface area (Å²) in [6.45, 7) is 3.39. The Morgan fingerprint density at radius 1 is 1.22 bits per heavy atom. The van der Waals surface area contributed by atoms with Crippen LogP contribution in [-0.4, -0.2) is 64.3 Å². The van der Waals surface area contributed by atoms with Crippen LogP contribution in [0.25, 0.3) is 22.2 Å². The summed E-state index contributed by atoms with van der Waals surface area (Å²) in [7, 11) is 0. The van der Waals surface area contributed by atoms with Crippen LogP contribution in [0.3, 0.4) is 0 Å². The van der Waals surface area contributed by atoms with Crippen LogP contribution in [0, 0.1) is 0 Å². The van der Waals surface area contributed by atoms with E-state index in [1.165, 1.54) is 0 Å². The molecule has 3 aromatic rings. The molecule has 7 nitrogen and oxygen atoms in total. The van der Waals surface area contributed by atoms with Gasteiger partial charge in [-0.1, -0.05) is 12.1 Å². The molecule has 10 heteroatoms. The van der Waals surface area contributed by atoms with Crippen molar-refractivity contribution in [1.82, 2.24) is 19.9 Å². The van der Waals surface area contributed by atoms with E-state index in [1.807, 2.05) is 42.3 Å². The van der Waals surface area contributed by atoms with E-state index in [4.69, 9.17) is 9.72 Å². The van der Waals surface area contributed by atoms with Gasteiger partial charge in [0.1, 0.15) is 0 Å². The Bertz CT molecular complexity index is 1180. The fraction of sp³-hybridized carbons (Fsp3) is 0.409. The third-order valence-corrected chi connectivity index (χ3v) is 6.06. The number of fused-ring (bicyclic) bond motifs is 2. The first-order valence-electron chi connectivity index (χ1n) is 10.5. The number of aromatic amines is 1. The number of H-pyrrole nitrogens is 1. The molecule has 4 heterocycles. The Morgan fingerprint density at radius 3 is 2.84 bits per heavy atom. The van der Waals surface area contributed by atoms with Crippen molar-refractivity contribution in [2.24, 2.45) is 0 Å². The average molecular weight is 445 g/mol. The summed E-state index contributed by atoms with van der Waals surface area (Å²) in [6.07, 6.45) is -2.81. The monoisotopic (exact) mass is 445 g/mol. The van der Waals surface area contributed by atoms with Crippen LogP contribution in [0.4, 0.5) is 19.1 Å². The fourth-order valence-corrected chi connectivity index (χ4v) is 4.44. The number of nitrogens with zero attached hydrogens (tertiary/aromatic N) is 4. The van der Waals surface area contributed by atoms with Crippen molar-refractivity contribution >= 4 is 22.8 Å². The number of carbonyl (C=O) groups excluding carboxylic acids is 1. The first-order chi connectivity index (χ1) is 15.3. The van der Waals surface area contributed by atoms with Gasteiger partial charge in [0.25, 0.3) is 0 Å². The van der Waals surface area contributed by atoms with E-state index in [0.717, 1.165) is 26.9 Å². The van der Waals surface area contributed by atoms with Gasteiger partial charge in [-0.2, -0.15) is 13.2 Å². The zero-order valence-electron chi connectivity index (χ0n) is 17.4. The summed E-state index contributed by atoms with van der Waals surface area (Å²) >= 11 is 0. The van der Waals surface area contributed by atoms with E-state index >= 15 is 0 Å². The van der Waals surface area contributed by atoms with Crippen LogP contribution in [0.15, 0.2) is 30.5 Å². The Morgan fingerprint density at radius 2 is 2.06 bits per heavy atom. The minimum atomic E-state index is -4.91. The summed E-state index contributed by atoms with van der Waals surface area (Å²) in [6, 6.07) is 7.81. The van der Waals surface area contributed by atoms with Gasteiger partial charge in [0.15, 0.2) is 0 Å². The van der Waals surface area contributed by atoms with Gasteiger partial charge in [-0.25, -0.2) is 9.97 Å². The van der Waals surface area contributed by atoms with E-state index in [2.05, 4.69) is 9.97 Å². The van der Waals surface area contributed by atoms with Crippen LogP contribution >= 0.6 is 0 Å². The zero-order valence-corrected chi connectivity index (χ0v) is 17.4. The molecule has 2 aliphatic rings.